The minimum absolute atomic E-state index is 0.0637. The highest BCUT2D eigenvalue weighted by Crippen LogP contribution is 2.31. The summed E-state index contributed by atoms with van der Waals surface area (Å²) in [4.78, 5) is 12.4. The van der Waals surface area contributed by atoms with Crippen LogP contribution >= 0.6 is 23.4 Å². The van der Waals surface area contributed by atoms with E-state index in [1.807, 2.05) is 47.0 Å². The van der Waals surface area contributed by atoms with E-state index >= 15 is 0 Å². The molecule has 0 aliphatic rings. The number of amides is 1. The van der Waals surface area contributed by atoms with Crippen LogP contribution in [0.15, 0.2) is 84.0 Å². The standard InChI is InChI=1S/C24H19ClF3N5OS/c25-17-9-11-18(12-10-17)29-14-21-31-32-23(33(21)20-7-2-1-3-8-20)35-15-22(34)30-19-6-4-5-16(13-19)24(26,27)28/h1-13,29H,14-15H2,(H,30,34). The molecule has 0 atom stereocenters. The second-order valence-electron chi connectivity index (χ2n) is 7.35. The summed E-state index contributed by atoms with van der Waals surface area (Å²) >= 11 is 7.07. The Morgan fingerprint density at radius 2 is 1.69 bits per heavy atom. The second kappa shape index (κ2) is 10.8. The molecular weight excluding hydrogens is 499 g/mol. The SMILES string of the molecule is O=C(CSc1nnc(CNc2ccc(Cl)cc2)n1-c1ccccc1)Nc1cccc(C(F)(F)F)c1. The molecule has 4 aromatic rings. The van der Waals surface area contributed by atoms with Crippen LogP contribution in [0.1, 0.15) is 11.4 Å². The number of carbonyl (C=O) groups excluding carboxylic acids is 1. The molecule has 180 valence electrons. The van der Waals surface area contributed by atoms with Crippen molar-refractivity contribution in [2.24, 2.45) is 0 Å². The number of rotatable bonds is 8. The molecule has 0 radical (unpaired) electrons. The minimum atomic E-state index is -4.49. The van der Waals surface area contributed by atoms with Crippen molar-refractivity contribution in [2.75, 3.05) is 16.4 Å². The topological polar surface area (TPSA) is 71.8 Å². The molecule has 11 heteroatoms. The Morgan fingerprint density at radius 1 is 0.943 bits per heavy atom. The van der Waals surface area contributed by atoms with E-state index < -0.39 is 17.6 Å². The highest BCUT2D eigenvalue weighted by molar-refractivity contribution is 7.99. The largest absolute Gasteiger partial charge is 0.416 e. The van der Waals surface area contributed by atoms with Gasteiger partial charge in [0.05, 0.1) is 17.9 Å². The fraction of sp³-hybridized carbons (Fsp3) is 0.125. The number of hydrogen-bond donors (Lipinski definition) is 2. The molecule has 1 aromatic heterocycles. The zero-order valence-corrected chi connectivity index (χ0v) is 19.7. The van der Waals surface area contributed by atoms with Crippen LogP contribution < -0.4 is 10.6 Å². The van der Waals surface area contributed by atoms with E-state index in [0.717, 1.165) is 35.3 Å². The molecule has 0 bridgehead atoms. The lowest BCUT2D eigenvalue weighted by molar-refractivity contribution is -0.137. The average molecular weight is 518 g/mol. The van der Waals surface area contributed by atoms with E-state index in [1.54, 1.807) is 12.1 Å². The molecule has 1 amide bonds. The predicted octanol–water partition coefficient (Wildman–Crippen LogP) is 6.28. The van der Waals surface area contributed by atoms with E-state index in [4.69, 9.17) is 11.6 Å². The lowest BCUT2D eigenvalue weighted by atomic mass is 10.2. The Hall–Kier alpha value is -3.50. The van der Waals surface area contributed by atoms with Gasteiger partial charge in [0.25, 0.3) is 0 Å². The van der Waals surface area contributed by atoms with E-state index in [0.29, 0.717) is 22.5 Å². The van der Waals surface area contributed by atoms with Crippen LogP contribution in [0.5, 0.6) is 0 Å². The molecule has 4 rings (SSSR count). The first-order valence-electron chi connectivity index (χ1n) is 10.4. The van der Waals surface area contributed by atoms with E-state index in [-0.39, 0.29) is 11.4 Å². The molecule has 0 aliphatic carbocycles. The van der Waals surface area contributed by atoms with Crippen molar-refractivity contribution in [3.63, 3.8) is 0 Å². The summed E-state index contributed by atoms with van der Waals surface area (Å²) < 4.78 is 40.6. The number of alkyl halides is 3. The minimum Gasteiger partial charge on any atom is -0.378 e. The Bertz CT molecular complexity index is 1300. The summed E-state index contributed by atoms with van der Waals surface area (Å²) in [5.41, 5.74) is 0.908. The quantitative estimate of drug-likeness (QED) is 0.269. The Balaban J connectivity index is 1.47. The molecule has 2 N–H and O–H groups in total. The van der Waals surface area contributed by atoms with Crippen LogP contribution in [0, 0.1) is 0 Å². The van der Waals surface area contributed by atoms with Gasteiger partial charge < -0.3 is 10.6 Å². The highest BCUT2D eigenvalue weighted by atomic mass is 35.5. The van der Waals surface area contributed by atoms with Gasteiger partial charge in [0.2, 0.25) is 5.91 Å². The maximum atomic E-state index is 12.9. The number of anilines is 2. The first-order valence-corrected chi connectivity index (χ1v) is 11.7. The van der Waals surface area contributed by atoms with Gasteiger partial charge in [0.1, 0.15) is 0 Å². The molecule has 6 nitrogen and oxygen atoms in total. The molecule has 0 saturated carbocycles. The van der Waals surface area contributed by atoms with Crippen molar-refractivity contribution >= 4 is 40.6 Å². The lowest BCUT2D eigenvalue weighted by Gasteiger charge is -2.12. The monoisotopic (exact) mass is 517 g/mol. The molecule has 0 spiro atoms. The van der Waals surface area contributed by atoms with E-state index in [1.165, 1.54) is 12.1 Å². The van der Waals surface area contributed by atoms with Crippen molar-refractivity contribution in [1.82, 2.24) is 14.8 Å². The number of nitrogens with one attached hydrogen (secondary N) is 2. The number of nitrogens with zero attached hydrogens (tertiary/aromatic N) is 3. The van der Waals surface area contributed by atoms with Gasteiger partial charge in [-0.3, -0.25) is 9.36 Å². The third-order valence-corrected chi connectivity index (χ3v) is 6.00. The molecule has 0 unspecified atom stereocenters. The van der Waals surface area contributed by atoms with Crippen LogP contribution in [0.2, 0.25) is 5.02 Å². The number of benzene rings is 3. The molecule has 3 aromatic carbocycles. The van der Waals surface area contributed by atoms with Crippen molar-refractivity contribution in [1.29, 1.82) is 0 Å². The fourth-order valence-electron chi connectivity index (χ4n) is 3.19. The zero-order valence-electron chi connectivity index (χ0n) is 18.1. The Labute approximate surface area is 208 Å². The fourth-order valence-corrected chi connectivity index (χ4v) is 4.09. The zero-order chi connectivity index (χ0) is 24.8. The summed E-state index contributed by atoms with van der Waals surface area (Å²) in [6, 6.07) is 21.2. The van der Waals surface area contributed by atoms with Gasteiger partial charge in [0.15, 0.2) is 11.0 Å². The Kier molecular flexibility index (Phi) is 7.62. The van der Waals surface area contributed by atoms with Gasteiger partial charge in [-0.15, -0.1) is 10.2 Å². The highest BCUT2D eigenvalue weighted by Gasteiger charge is 2.30. The van der Waals surface area contributed by atoms with Crippen LogP contribution in [-0.2, 0) is 17.5 Å². The van der Waals surface area contributed by atoms with Gasteiger partial charge >= 0.3 is 6.18 Å². The van der Waals surface area contributed by atoms with Gasteiger partial charge in [-0.2, -0.15) is 13.2 Å². The molecule has 0 saturated heterocycles. The van der Waals surface area contributed by atoms with Crippen LogP contribution in [0.3, 0.4) is 0 Å². The van der Waals surface area contributed by atoms with Crippen LogP contribution in [0.4, 0.5) is 24.5 Å². The maximum Gasteiger partial charge on any atom is 0.416 e. The molecule has 1 heterocycles. The van der Waals surface area contributed by atoms with Crippen molar-refractivity contribution in [3.8, 4) is 5.69 Å². The van der Waals surface area contributed by atoms with Gasteiger partial charge in [-0.1, -0.05) is 47.6 Å². The molecule has 0 fully saturated rings. The summed E-state index contributed by atoms with van der Waals surface area (Å²) in [5.74, 6) is 0.0935. The summed E-state index contributed by atoms with van der Waals surface area (Å²) in [6.45, 7) is 0.362. The third kappa shape index (κ3) is 6.55. The van der Waals surface area contributed by atoms with Crippen molar-refractivity contribution in [3.05, 3.63) is 95.3 Å². The number of thioether (sulfide) groups is 1. The number of aromatic nitrogens is 3. The predicted molar refractivity (Wildman–Crippen MR) is 131 cm³/mol. The van der Waals surface area contributed by atoms with Crippen molar-refractivity contribution in [2.45, 2.75) is 17.9 Å². The van der Waals surface area contributed by atoms with E-state index in [9.17, 15) is 18.0 Å². The van der Waals surface area contributed by atoms with Gasteiger partial charge in [-0.05, 0) is 54.6 Å². The summed E-state index contributed by atoms with van der Waals surface area (Å²) in [7, 11) is 0. The van der Waals surface area contributed by atoms with Crippen LogP contribution in [0.25, 0.3) is 5.69 Å². The second-order valence-corrected chi connectivity index (χ2v) is 8.72. The number of carbonyl (C=O) groups is 1. The lowest BCUT2D eigenvalue weighted by Crippen LogP contribution is -2.15. The summed E-state index contributed by atoms with van der Waals surface area (Å²) in [6.07, 6.45) is -4.49. The molecular formula is C24H19ClF3N5OS. The van der Waals surface area contributed by atoms with Crippen LogP contribution in [-0.4, -0.2) is 26.4 Å². The Morgan fingerprint density at radius 3 is 2.40 bits per heavy atom. The molecule has 0 aliphatic heterocycles. The smallest absolute Gasteiger partial charge is 0.378 e. The third-order valence-electron chi connectivity index (χ3n) is 4.82. The van der Waals surface area contributed by atoms with Crippen molar-refractivity contribution < 1.29 is 18.0 Å². The molecule has 35 heavy (non-hydrogen) atoms. The van der Waals surface area contributed by atoms with Gasteiger partial charge in [-0.25, -0.2) is 0 Å². The van der Waals surface area contributed by atoms with Gasteiger partial charge in [0, 0.05) is 22.1 Å². The number of halogens is 4. The number of para-hydroxylation sites is 1. The van der Waals surface area contributed by atoms with E-state index in [2.05, 4.69) is 20.8 Å². The summed E-state index contributed by atoms with van der Waals surface area (Å²) in [5, 5.41) is 15.4. The first kappa shape index (κ1) is 24.6. The average Bonchev–Trinajstić information content (AvgIpc) is 3.25. The first-order chi connectivity index (χ1) is 16.8. The maximum absolute atomic E-state index is 12.9. The number of hydrogen-bond acceptors (Lipinski definition) is 5. The normalized spacial score (nSPS) is 11.3.